The number of methoxy groups -OCH3 is 1. The predicted octanol–water partition coefficient (Wildman–Crippen LogP) is 0.998. The topological polar surface area (TPSA) is 47.3 Å². The van der Waals surface area contributed by atoms with Gasteiger partial charge in [0.1, 0.15) is 4.60 Å². The Labute approximate surface area is 72.9 Å². The maximum atomic E-state index is 9.07. The van der Waals surface area contributed by atoms with Gasteiger partial charge in [0, 0.05) is 7.11 Å². The van der Waals surface area contributed by atoms with Crippen LogP contribution in [0.5, 0.6) is 5.75 Å². The van der Waals surface area contributed by atoms with E-state index in [1.54, 1.807) is 11.8 Å². The molecule has 0 aliphatic heterocycles. The summed E-state index contributed by atoms with van der Waals surface area (Å²) < 4.78 is 7.06. The molecule has 62 valence electrons. The fraction of sp³-hybridized carbons (Fsp3) is 0.500. The van der Waals surface area contributed by atoms with Crippen molar-refractivity contribution in [2.75, 3.05) is 13.7 Å². The highest BCUT2D eigenvalue weighted by Crippen LogP contribution is 2.21. The van der Waals surface area contributed by atoms with Crippen molar-refractivity contribution < 1.29 is 9.84 Å². The minimum absolute atomic E-state index is 0.154. The van der Waals surface area contributed by atoms with Crippen LogP contribution in [0.15, 0.2) is 10.8 Å². The Hall–Kier alpha value is -0.550. The molecule has 0 bridgehead atoms. The zero-order valence-corrected chi connectivity index (χ0v) is 7.71. The number of ether oxygens (including phenoxy) is 1. The predicted molar refractivity (Wildman–Crippen MR) is 43.5 cm³/mol. The Bertz CT molecular complexity index is 236. The third-order valence-electron chi connectivity index (χ3n) is 1.26. The van der Waals surface area contributed by atoms with Crippen molar-refractivity contribution in [2.24, 2.45) is 0 Å². The largest absolute Gasteiger partial charge is 0.504 e. The Kier molecular flexibility index (Phi) is 2.90. The Morgan fingerprint density at radius 3 is 3.00 bits per heavy atom. The number of hydrogen-bond acceptors (Lipinski definition) is 3. The van der Waals surface area contributed by atoms with Gasteiger partial charge in [-0.15, -0.1) is 0 Å². The van der Waals surface area contributed by atoms with Gasteiger partial charge < -0.3 is 9.84 Å². The van der Waals surface area contributed by atoms with Crippen LogP contribution in [0.3, 0.4) is 0 Å². The summed E-state index contributed by atoms with van der Waals surface area (Å²) in [7, 11) is 1.62. The highest BCUT2D eigenvalue weighted by molar-refractivity contribution is 9.10. The number of nitrogens with zero attached hydrogens (tertiary/aromatic N) is 2. The summed E-state index contributed by atoms with van der Waals surface area (Å²) in [5, 5.41) is 13.0. The monoisotopic (exact) mass is 220 g/mol. The molecule has 0 atom stereocenters. The first-order chi connectivity index (χ1) is 5.25. The first-order valence-electron chi connectivity index (χ1n) is 3.15. The molecule has 0 amide bonds. The fourth-order valence-electron chi connectivity index (χ4n) is 0.694. The smallest absolute Gasteiger partial charge is 0.168 e. The van der Waals surface area contributed by atoms with Crippen LogP contribution in [-0.2, 0) is 11.3 Å². The lowest BCUT2D eigenvalue weighted by atomic mass is 10.6. The quantitative estimate of drug-likeness (QED) is 0.828. The van der Waals surface area contributed by atoms with Gasteiger partial charge in [-0.1, -0.05) is 0 Å². The van der Waals surface area contributed by atoms with Crippen molar-refractivity contribution in [1.82, 2.24) is 9.78 Å². The highest BCUT2D eigenvalue weighted by Gasteiger charge is 2.04. The molecule has 0 fully saturated rings. The molecular weight excluding hydrogens is 212 g/mol. The van der Waals surface area contributed by atoms with Gasteiger partial charge in [0.2, 0.25) is 0 Å². The average Bonchev–Trinajstić information content (AvgIpc) is 2.31. The molecule has 0 saturated carbocycles. The molecule has 0 saturated heterocycles. The van der Waals surface area contributed by atoms with Crippen LogP contribution in [0.25, 0.3) is 0 Å². The zero-order valence-electron chi connectivity index (χ0n) is 6.12. The van der Waals surface area contributed by atoms with Crippen molar-refractivity contribution in [1.29, 1.82) is 0 Å². The fourth-order valence-corrected chi connectivity index (χ4v) is 1.07. The second-order valence-electron chi connectivity index (χ2n) is 2.04. The molecule has 0 aliphatic carbocycles. The van der Waals surface area contributed by atoms with Gasteiger partial charge in [-0.25, -0.2) is 0 Å². The average molecular weight is 221 g/mol. The second-order valence-corrected chi connectivity index (χ2v) is 2.79. The minimum atomic E-state index is 0.154. The molecule has 0 spiro atoms. The molecule has 1 aromatic rings. The van der Waals surface area contributed by atoms with Crippen LogP contribution in [0, 0.1) is 0 Å². The molecule has 1 heterocycles. The van der Waals surface area contributed by atoms with E-state index in [1.807, 2.05) is 0 Å². The number of rotatable bonds is 3. The molecule has 1 aromatic heterocycles. The van der Waals surface area contributed by atoms with Crippen molar-refractivity contribution in [3.8, 4) is 5.75 Å². The Balaban J connectivity index is 2.63. The third-order valence-corrected chi connectivity index (χ3v) is 2.08. The van der Waals surface area contributed by atoms with Crippen LogP contribution >= 0.6 is 15.9 Å². The van der Waals surface area contributed by atoms with Crippen molar-refractivity contribution in [2.45, 2.75) is 6.54 Å². The molecule has 0 radical (unpaired) electrons. The molecule has 0 aromatic carbocycles. The van der Waals surface area contributed by atoms with Gasteiger partial charge in [0.25, 0.3) is 0 Å². The van der Waals surface area contributed by atoms with Gasteiger partial charge in [-0.2, -0.15) is 5.10 Å². The number of hydrogen-bond donors (Lipinski definition) is 1. The Morgan fingerprint density at radius 1 is 1.82 bits per heavy atom. The van der Waals surface area contributed by atoms with E-state index in [0.717, 1.165) is 0 Å². The summed E-state index contributed by atoms with van der Waals surface area (Å²) in [4.78, 5) is 0. The second kappa shape index (κ2) is 3.73. The summed E-state index contributed by atoms with van der Waals surface area (Å²) in [5.74, 6) is 0.154. The first-order valence-corrected chi connectivity index (χ1v) is 3.94. The van der Waals surface area contributed by atoms with E-state index in [0.29, 0.717) is 17.8 Å². The van der Waals surface area contributed by atoms with Crippen LogP contribution in [0.1, 0.15) is 0 Å². The van der Waals surface area contributed by atoms with Gasteiger partial charge in [-0.3, -0.25) is 4.68 Å². The van der Waals surface area contributed by atoms with Gasteiger partial charge in [-0.05, 0) is 15.9 Å². The van der Waals surface area contributed by atoms with Gasteiger partial charge >= 0.3 is 0 Å². The molecule has 0 aliphatic rings. The summed E-state index contributed by atoms with van der Waals surface area (Å²) in [5.41, 5.74) is 0. The third kappa shape index (κ3) is 1.94. The van der Waals surface area contributed by atoms with Crippen molar-refractivity contribution in [3.05, 3.63) is 10.8 Å². The van der Waals surface area contributed by atoms with Gasteiger partial charge in [0.15, 0.2) is 5.75 Å². The lowest BCUT2D eigenvalue weighted by molar-refractivity contribution is 0.182. The van der Waals surface area contributed by atoms with Crippen LogP contribution in [0.2, 0.25) is 0 Å². The van der Waals surface area contributed by atoms with E-state index in [2.05, 4.69) is 21.0 Å². The summed E-state index contributed by atoms with van der Waals surface area (Å²) >= 11 is 3.18. The Morgan fingerprint density at radius 2 is 2.55 bits per heavy atom. The van der Waals surface area contributed by atoms with E-state index in [1.165, 1.54) is 6.20 Å². The van der Waals surface area contributed by atoms with Crippen molar-refractivity contribution in [3.63, 3.8) is 0 Å². The normalized spacial score (nSPS) is 10.4. The van der Waals surface area contributed by atoms with E-state index < -0.39 is 0 Å². The molecule has 11 heavy (non-hydrogen) atoms. The van der Waals surface area contributed by atoms with Crippen LogP contribution in [0.4, 0.5) is 0 Å². The summed E-state index contributed by atoms with van der Waals surface area (Å²) in [6, 6.07) is 0. The maximum absolute atomic E-state index is 9.07. The molecule has 4 nitrogen and oxygen atoms in total. The molecule has 1 rings (SSSR count). The summed E-state index contributed by atoms with van der Waals surface area (Å²) in [6.45, 7) is 1.22. The van der Waals surface area contributed by atoms with E-state index in [4.69, 9.17) is 9.84 Å². The highest BCUT2D eigenvalue weighted by atomic mass is 79.9. The molecule has 0 unspecified atom stereocenters. The lowest BCUT2D eigenvalue weighted by Crippen LogP contribution is -2.05. The van der Waals surface area contributed by atoms with E-state index >= 15 is 0 Å². The maximum Gasteiger partial charge on any atom is 0.168 e. The SMILES string of the molecule is COCCn1ncc(O)c1Br. The molecule has 1 N–H and O–H groups in total. The zero-order chi connectivity index (χ0) is 8.27. The number of aromatic hydroxyl groups is 1. The van der Waals surface area contributed by atoms with E-state index in [9.17, 15) is 0 Å². The summed E-state index contributed by atoms with van der Waals surface area (Å²) in [6.07, 6.45) is 1.39. The molecular formula is C6H9BrN2O2. The number of aromatic nitrogens is 2. The van der Waals surface area contributed by atoms with Crippen LogP contribution in [-0.4, -0.2) is 28.6 Å². The van der Waals surface area contributed by atoms with Gasteiger partial charge in [0.05, 0.1) is 19.3 Å². The van der Waals surface area contributed by atoms with Crippen molar-refractivity contribution >= 4 is 15.9 Å². The lowest BCUT2D eigenvalue weighted by Gasteiger charge is -2.00. The van der Waals surface area contributed by atoms with Crippen LogP contribution < -0.4 is 0 Å². The van der Waals surface area contributed by atoms with E-state index in [-0.39, 0.29) is 5.75 Å². The standard InChI is InChI=1S/C6H9BrN2O2/c1-11-3-2-9-6(7)5(10)4-8-9/h4,10H,2-3H2,1H3. The molecule has 5 heteroatoms. The number of halogens is 1. The minimum Gasteiger partial charge on any atom is -0.504 e. The first kappa shape index (κ1) is 8.55.